The average molecular weight is 420 g/mol. The van der Waals surface area contributed by atoms with Gasteiger partial charge in [0.05, 0.1) is 16.2 Å². The first-order valence-electron chi connectivity index (χ1n) is 8.19. The Kier molecular flexibility index (Phi) is 5.18. The van der Waals surface area contributed by atoms with E-state index in [0.717, 1.165) is 6.07 Å². The lowest BCUT2D eigenvalue weighted by Crippen LogP contribution is -2.43. The first kappa shape index (κ1) is 20.0. The zero-order valence-electron chi connectivity index (χ0n) is 14.1. The van der Waals surface area contributed by atoms with Gasteiger partial charge < -0.3 is 10.0 Å². The van der Waals surface area contributed by atoms with Crippen molar-refractivity contribution < 1.29 is 26.7 Å². The van der Waals surface area contributed by atoms with Crippen LogP contribution in [0.1, 0.15) is 18.4 Å². The Hall–Kier alpha value is -1.77. The first-order chi connectivity index (χ1) is 12.6. The fraction of sp³-hybridized carbons (Fsp3) is 0.333. The summed E-state index contributed by atoms with van der Waals surface area (Å²) in [5.74, 6) is 0. The van der Waals surface area contributed by atoms with Crippen LogP contribution in [0.15, 0.2) is 53.4 Å². The molecule has 1 saturated heterocycles. The lowest BCUT2D eigenvalue weighted by molar-refractivity contribution is -0.0436. The van der Waals surface area contributed by atoms with Crippen molar-refractivity contribution in [2.24, 2.45) is 0 Å². The van der Waals surface area contributed by atoms with Crippen LogP contribution < -0.4 is 4.90 Å². The zero-order chi connectivity index (χ0) is 19.9. The average Bonchev–Trinajstić information content (AvgIpc) is 2.62. The predicted molar refractivity (Wildman–Crippen MR) is 96.5 cm³/mol. The smallest absolute Gasteiger partial charge is 0.385 e. The number of halogens is 4. The molecule has 1 heterocycles. The molecule has 0 spiro atoms. The quantitative estimate of drug-likeness (QED) is 0.813. The van der Waals surface area contributed by atoms with Crippen LogP contribution >= 0.6 is 11.6 Å². The predicted octanol–water partition coefficient (Wildman–Crippen LogP) is 4.12. The molecule has 0 aromatic heterocycles. The summed E-state index contributed by atoms with van der Waals surface area (Å²) in [6, 6.07) is 11.9. The molecule has 27 heavy (non-hydrogen) atoms. The molecule has 0 amide bonds. The normalized spacial score (nSPS) is 17.7. The second-order valence-electron chi connectivity index (χ2n) is 6.42. The van der Waals surface area contributed by atoms with Gasteiger partial charge in [0.15, 0.2) is 0 Å². The van der Waals surface area contributed by atoms with Gasteiger partial charge in [-0.05, 0) is 31.0 Å². The molecule has 1 fully saturated rings. The van der Waals surface area contributed by atoms with E-state index in [2.05, 4.69) is 0 Å². The minimum absolute atomic E-state index is 0.0176. The molecule has 0 bridgehead atoms. The SMILES string of the molecule is O=S(=O)(c1ccccc1N1CCC(O)(c2ccccc2Cl)CC1)C(F)(F)F. The number of benzene rings is 2. The Bertz CT molecular complexity index is 939. The van der Waals surface area contributed by atoms with Gasteiger partial charge in [-0.25, -0.2) is 8.42 Å². The molecule has 4 nitrogen and oxygen atoms in total. The van der Waals surface area contributed by atoms with Crippen molar-refractivity contribution in [3.8, 4) is 0 Å². The van der Waals surface area contributed by atoms with Crippen LogP contribution in [0.4, 0.5) is 18.9 Å². The molecule has 2 aromatic rings. The van der Waals surface area contributed by atoms with Crippen LogP contribution in [0, 0.1) is 0 Å². The highest BCUT2D eigenvalue weighted by atomic mass is 35.5. The van der Waals surface area contributed by atoms with Gasteiger partial charge in [-0.2, -0.15) is 13.2 Å². The van der Waals surface area contributed by atoms with Gasteiger partial charge in [0.25, 0.3) is 9.84 Å². The van der Waals surface area contributed by atoms with Crippen LogP contribution in [0.2, 0.25) is 5.02 Å². The number of hydrogen-bond acceptors (Lipinski definition) is 4. The Morgan fingerprint density at radius 3 is 2.15 bits per heavy atom. The fourth-order valence-corrected chi connectivity index (χ4v) is 4.59. The number of nitrogens with zero attached hydrogens (tertiary/aromatic N) is 1. The molecule has 2 aromatic carbocycles. The molecular formula is C18H17ClF3NO3S. The van der Waals surface area contributed by atoms with E-state index in [1.807, 2.05) is 0 Å². The van der Waals surface area contributed by atoms with Crippen LogP contribution in [0.5, 0.6) is 0 Å². The molecule has 0 aliphatic carbocycles. The Morgan fingerprint density at radius 1 is 1.00 bits per heavy atom. The molecular weight excluding hydrogens is 403 g/mol. The van der Waals surface area contributed by atoms with E-state index in [0.29, 0.717) is 10.6 Å². The number of hydrogen-bond donors (Lipinski definition) is 1. The van der Waals surface area contributed by atoms with Gasteiger partial charge in [-0.3, -0.25) is 0 Å². The first-order valence-corrected chi connectivity index (χ1v) is 10.1. The van der Waals surface area contributed by atoms with Gasteiger partial charge in [-0.1, -0.05) is 41.9 Å². The summed E-state index contributed by atoms with van der Waals surface area (Å²) >= 11 is 6.16. The molecule has 3 rings (SSSR count). The Labute approximate surface area is 160 Å². The highest BCUT2D eigenvalue weighted by Crippen LogP contribution is 2.40. The number of sulfone groups is 1. The standard InChI is InChI=1S/C18H17ClF3NO3S/c19-14-6-2-1-5-13(14)17(24)9-11-23(12-10-17)15-7-3-4-8-16(15)27(25,26)18(20,21)22/h1-8,24H,9-12H2. The van der Waals surface area contributed by atoms with Gasteiger partial charge >= 0.3 is 5.51 Å². The summed E-state index contributed by atoms with van der Waals surface area (Å²) < 4.78 is 62.8. The molecule has 0 radical (unpaired) electrons. The van der Waals surface area contributed by atoms with E-state index in [9.17, 15) is 26.7 Å². The summed E-state index contributed by atoms with van der Waals surface area (Å²) in [7, 11) is -5.47. The lowest BCUT2D eigenvalue weighted by atomic mass is 9.84. The topological polar surface area (TPSA) is 57.6 Å². The molecule has 1 aliphatic heterocycles. The van der Waals surface area contributed by atoms with Crippen molar-refractivity contribution in [1.82, 2.24) is 0 Å². The van der Waals surface area contributed by atoms with Crippen molar-refractivity contribution >= 4 is 27.1 Å². The molecule has 0 unspecified atom stereocenters. The molecule has 1 N–H and O–H groups in total. The second kappa shape index (κ2) is 7.00. The van der Waals surface area contributed by atoms with E-state index in [-0.39, 0.29) is 31.6 Å². The van der Waals surface area contributed by atoms with Crippen molar-refractivity contribution in [1.29, 1.82) is 0 Å². The van der Waals surface area contributed by atoms with E-state index >= 15 is 0 Å². The Morgan fingerprint density at radius 2 is 1.56 bits per heavy atom. The maximum atomic E-state index is 13.0. The Balaban J connectivity index is 1.89. The van der Waals surface area contributed by atoms with Gasteiger partial charge in [0.2, 0.25) is 0 Å². The molecule has 9 heteroatoms. The van der Waals surface area contributed by atoms with Crippen molar-refractivity contribution in [3.05, 3.63) is 59.1 Å². The maximum absolute atomic E-state index is 13.0. The highest BCUT2D eigenvalue weighted by molar-refractivity contribution is 7.92. The summed E-state index contributed by atoms with van der Waals surface area (Å²) in [4.78, 5) is 0.768. The highest BCUT2D eigenvalue weighted by Gasteiger charge is 2.48. The largest absolute Gasteiger partial charge is 0.501 e. The molecule has 0 atom stereocenters. The van der Waals surface area contributed by atoms with E-state index in [1.54, 1.807) is 29.2 Å². The third-order valence-electron chi connectivity index (χ3n) is 4.77. The third-order valence-corrected chi connectivity index (χ3v) is 6.63. The van der Waals surface area contributed by atoms with Crippen molar-refractivity contribution in [2.75, 3.05) is 18.0 Å². The van der Waals surface area contributed by atoms with E-state index in [4.69, 9.17) is 11.6 Å². The summed E-state index contributed by atoms with van der Waals surface area (Å²) in [5.41, 5.74) is -6.05. The number of piperidine rings is 1. The molecule has 0 saturated carbocycles. The van der Waals surface area contributed by atoms with E-state index < -0.39 is 25.8 Å². The number of anilines is 1. The van der Waals surface area contributed by atoms with E-state index in [1.165, 1.54) is 18.2 Å². The van der Waals surface area contributed by atoms with Crippen molar-refractivity contribution in [2.45, 2.75) is 28.8 Å². The van der Waals surface area contributed by atoms with Crippen LogP contribution in [0.25, 0.3) is 0 Å². The second-order valence-corrected chi connectivity index (χ2v) is 8.73. The summed E-state index contributed by atoms with van der Waals surface area (Å²) in [6.07, 6.45) is 0.411. The van der Waals surface area contributed by atoms with Gasteiger partial charge in [0.1, 0.15) is 0 Å². The minimum atomic E-state index is -5.47. The number of para-hydroxylation sites is 1. The fourth-order valence-electron chi connectivity index (χ4n) is 3.30. The lowest BCUT2D eigenvalue weighted by Gasteiger charge is -2.40. The summed E-state index contributed by atoms with van der Waals surface area (Å²) in [5, 5.41) is 11.3. The summed E-state index contributed by atoms with van der Waals surface area (Å²) in [6.45, 7) is 0.373. The zero-order valence-corrected chi connectivity index (χ0v) is 15.7. The molecule has 146 valence electrons. The van der Waals surface area contributed by atoms with Crippen molar-refractivity contribution in [3.63, 3.8) is 0 Å². The number of alkyl halides is 3. The number of aliphatic hydroxyl groups is 1. The monoisotopic (exact) mass is 419 g/mol. The van der Waals surface area contributed by atoms with Crippen LogP contribution in [0.3, 0.4) is 0 Å². The maximum Gasteiger partial charge on any atom is 0.501 e. The molecule has 1 aliphatic rings. The third kappa shape index (κ3) is 3.66. The van der Waals surface area contributed by atoms with Crippen LogP contribution in [-0.2, 0) is 15.4 Å². The van der Waals surface area contributed by atoms with Gasteiger partial charge in [0, 0.05) is 23.7 Å². The van der Waals surface area contributed by atoms with Gasteiger partial charge in [-0.15, -0.1) is 0 Å². The minimum Gasteiger partial charge on any atom is -0.385 e. The number of rotatable bonds is 3. The van der Waals surface area contributed by atoms with Crippen LogP contribution in [-0.4, -0.2) is 32.1 Å².